The van der Waals surface area contributed by atoms with Crippen molar-refractivity contribution < 1.29 is 0 Å². The average molecular weight is 302 g/mol. The van der Waals surface area contributed by atoms with Crippen LogP contribution in [0.2, 0.25) is 5.15 Å². The van der Waals surface area contributed by atoms with Gasteiger partial charge in [-0.15, -0.1) is 0 Å². The second kappa shape index (κ2) is 5.41. The molecule has 21 heavy (non-hydrogen) atoms. The van der Waals surface area contributed by atoms with Crippen molar-refractivity contribution in [2.75, 3.05) is 5.73 Å². The molecule has 0 aliphatic carbocycles. The summed E-state index contributed by atoms with van der Waals surface area (Å²) in [6.07, 6.45) is 4.93. The topological polar surface area (TPSA) is 78.7 Å². The molecule has 0 bridgehead atoms. The summed E-state index contributed by atoms with van der Waals surface area (Å²) in [6.45, 7) is 0.333. The van der Waals surface area contributed by atoms with Gasteiger partial charge in [0.1, 0.15) is 5.69 Å². The number of nitrogens with zero attached hydrogens (tertiary/aromatic N) is 4. The summed E-state index contributed by atoms with van der Waals surface area (Å²) in [5.41, 5.74) is 6.99. The Morgan fingerprint density at radius 3 is 2.76 bits per heavy atom. The monoisotopic (exact) mass is 301 g/mol. The summed E-state index contributed by atoms with van der Waals surface area (Å²) in [5.74, 6) is 0. The van der Waals surface area contributed by atoms with Crippen LogP contribution >= 0.6 is 11.6 Å². The molecule has 7 heteroatoms. The van der Waals surface area contributed by atoms with Crippen LogP contribution in [-0.2, 0) is 6.54 Å². The lowest BCUT2D eigenvalue weighted by atomic mass is 10.3. The second-order valence-corrected chi connectivity index (χ2v) is 4.87. The van der Waals surface area contributed by atoms with E-state index in [1.54, 1.807) is 10.9 Å². The smallest absolute Gasteiger partial charge is 0.278 e. The summed E-state index contributed by atoms with van der Waals surface area (Å²) in [6, 6.07) is 9.71. The van der Waals surface area contributed by atoms with Crippen LogP contribution in [0.5, 0.6) is 0 Å². The molecule has 3 rings (SSSR count). The fraction of sp³-hybridized carbons (Fsp3) is 0.0714. The van der Waals surface area contributed by atoms with Crippen molar-refractivity contribution in [3.63, 3.8) is 0 Å². The van der Waals surface area contributed by atoms with Gasteiger partial charge in [-0.25, -0.2) is 9.67 Å². The van der Waals surface area contributed by atoms with Crippen LogP contribution in [0.25, 0.3) is 5.69 Å². The highest BCUT2D eigenvalue weighted by molar-refractivity contribution is 6.31. The Morgan fingerprint density at radius 2 is 2.00 bits per heavy atom. The highest BCUT2D eigenvalue weighted by atomic mass is 35.5. The fourth-order valence-electron chi connectivity index (χ4n) is 1.96. The van der Waals surface area contributed by atoms with Crippen molar-refractivity contribution in [1.82, 2.24) is 19.3 Å². The van der Waals surface area contributed by atoms with E-state index in [1.165, 1.54) is 10.9 Å². The molecule has 0 aliphatic heterocycles. The Kier molecular flexibility index (Phi) is 3.45. The van der Waals surface area contributed by atoms with E-state index in [1.807, 2.05) is 36.5 Å². The van der Waals surface area contributed by atoms with Crippen LogP contribution in [-0.4, -0.2) is 19.3 Å². The van der Waals surface area contributed by atoms with Gasteiger partial charge in [-0.05, 0) is 12.1 Å². The molecule has 2 N–H and O–H groups in total. The molecule has 0 spiro atoms. The highest BCUT2D eigenvalue weighted by Gasteiger charge is 2.08. The first kappa shape index (κ1) is 13.4. The third-order valence-electron chi connectivity index (χ3n) is 3.03. The van der Waals surface area contributed by atoms with Gasteiger partial charge in [0.2, 0.25) is 0 Å². The molecule has 0 unspecified atom stereocenters. The molecule has 2 aromatic heterocycles. The van der Waals surface area contributed by atoms with Crippen molar-refractivity contribution in [3.05, 3.63) is 70.1 Å². The maximum Gasteiger partial charge on any atom is 0.278 e. The van der Waals surface area contributed by atoms with Crippen LogP contribution in [0, 0.1) is 0 Å². The second-order valence-electron chi connectivity index (χ2n) is 4.51. The van der Waals surface area contributed by atoms with E-state index in [9.17, 15) is 4.79 Å². The summed E-state index contributed by atoms with van der Waals surface area (Å²) < 4.78 is 3.14. The van der Waals surface area contributed by atoms with Gasteiger partial charge >= 0.3 is 0 Å². The van der Waals surface area contributed by atoms with Crippen LogP contribution in [0.3, 0.4) is 0 Å². The summed E-state index contributed by atoms with van der Waals surface area (Å²) in [7, 11) is 0. The van der Waals surface area contributed by atoms with Crippen LogP contribution < -0.4 is 11.3 Å². The highest BCUT2D eigenvalue weighted by Crippen LogP contribution is 2.11. The number of rotatable bonds is 3. The average Bonchev–Trinajstić information content (AvgIpc) is 2.97. The molecule has 0 aliphatic rings. The van der Waals surface area contributed by atoms with Crippen molar-refractivity contribution in [3.8, 4) is 5.69 Å². The first-order valence-electron chi connectivity index (χ1n) is 6.24. The zero-order chi connectivity index (χ0) is 14.8. The van der Waals surface area contributed by atoms with Crippen molar-refractivity contribution in [2.24, 2.45) is 0 Å². The fourth-order valence-corrected chi connectivity index (χ4v) is 2.08. The summed E-state index contributed by atoms with van der Waals surface area (Å²) in [4.78, 5) is 15.8. The number of hydrogen-bond donors (Lipinski definition) is 1. The standard InChI is InChI=1S/C14H12ClN5O/c15-13-12(16)14(21)19(9-17-13)7-10-6-18-20(8-10)11-4-2-1-3-5-11/h1-6,8-9H,7,16H2. The van der Waals surface area contributed by atoms with Gasteiger partial charge in [0.15, 0.2) is 5.15 Å². The van der Waals surface area contributed by atoms with E-state index < -0.39 is 0 Å². The first-order valence-corrected chi connectivity index (χ1v) is 6.62. The minimum Gasteiger partial charge on any atom is -0.392 e. The Hall–Kier alpha value is -2.60. The maximum atomic E-state index is 12.0. The van der Waals surface area contributed by atoms with Gasteiger partial charge in [-0.3, -0.25) is 9.36 Å². The third kappa shape index (κ3) is 2.66. The maximum absolute atomic E-state index is 12.0. The zero-order valence-electron chi connectivity index (χ0n) is 11.0. The number of aromatic nitrogens is 4. The van der Waals surface area contributed by atoms with Gasteiger partial charge in [0.05, 0.1) is 24.8 Å². The lowest BCUT2D eigenvalue weighted by molar-refractivity contribution is 0.739. The number of hydrogen-bond acceptors (Lipinski definition) is 4. The number of halogens is 1. The van der Waals surface area contributed by atoms with Gasteiger partial charge in [0.25, 0.3) is 5.56 Å². The van der Waals surface area contributed by atoms with Gasteiger partial charge in [-0.1, -0.05) is 29.8 Å². The van der Waals surface area contributed by atoms with Crippen molar-refractivity contribution in [1.29, 1.82) is 0 Å². The van der Waals surface area contributed by atoms with E-state index >= 15 is 0 Å². The molecule has 0 saturated heterocycles. The van der Waals surface area contributed by atoms with E-state index in [0.717, 1.165) is 11.3 Å². The molecule has 0 radical (unpaired) electrons. The quantitative estimate of drug-likeness (QED) is 0.747. The van der Waals surface area contributed by atoms with Crippen LogP contribution in [0.15, 0.2) is 53.8 Å². The molecule has 6 nitrogen and oxygen atoms in total. The number of benzene rings is 1. The molecular weight excluding hydrogens is 290 g/mol. The molecule has 0 amide bonds. The van der Waals surface area contributed by atoms with Gasteiger partial charge in [0, 0.05) is 11.8 Å². The molecule has 2 heterocycles. The molecule has 3 aromatic rings. The largest absolute Gasteiger partial charge is 0.392 e. The predicted octanol–water partition coefficient (Wildman–Crippen LogP) is 1.71. The molecule has 1 aromatic carbocycles. The number of nitrogen functional groups attached to an aromatic ring is 1. The lowest BCUT2D eigenvalue weighted by Crippen LogP contribution is -2.24. The SMILES string of the molecule is Nc1c(Cl)ncn(Cc2cnn(-c3ccccc3)c2)c1=O. The predicted molar refractivity (Wildman–Crippen MR) is 80.6 cm³/mol. The Labute approximate surface area is 125 Å². The Bertz CT molecular complexity index is 825. The van der Waals surface area contributed by atoms with Crippen LogP contribution in [0.4, 0.5) is 5.69 Å². The molecule has 0 fully saturated rings. The third-order valence-corrected chi connectivity index (χ3v) is 3.33. The minimum absolute atomic E-state index is 0.0243. The Morgan fingerprint density at radius 1 is 1.24 bits per heavy atom. The van der Waals surface area contributed by atoms with Crippen LogP contribution in [0.1, 0.15) is 5.56 Å². The van der Waals surface area contributed by atoms with E-state index in [0.29, 0.717) is 6.54 Å². The minimum atomic E-state index is -0.359. The van der Waals surface area contributed by atoms with E-state index in [2.05, 4.69) is 10.1 Å². The number of anilines is 1. The van der Waals surface area contributed by atoms with Crippen molar-refractivity contribution >= 4 is 17.3 Å². The lowest BCUT2D eigenvalue weighted by Gasteiger charge is -2.04. The summed E-state index contributed by atoms with van der Waals surface area (Å²) in [5, 5.41) is 4.30. The van der Waals surface area contributed by atoms with E-state index in [-0.39, 0.29) is 16.4 Å². The first-order chi connectivity index (χ1) is 10.1. The van der Waals surface area contributed by atoms with E-state index in [4.69, 9.17) is 17.3 Å². The zero-order valence-corrected chi connectivity index (χ0v) is 11.7. The van der Waals surface area contributed by atoms with Gasteiger partial charge in [-0.2, -0.15) is 5.10 Å². The Balaban J connectivity index is 1.89. The molecular formula is C14H12ClN5O. The van der Waals surface area contributed by atoms with Gasteiger partial charge < -0.3 is 5.73 Å². The van der Waals surface area contributed by atoms with Crippen molar-refractivity contribution in [2.45, 2.75) is 6.54 Å². The molecule has 106 valence electrons. The normalized spacial score (nSPS) is 10.7. The number of para-hydroxylation sites is 1. The molecule has 0 atom stereocenters. The molecule has 0 saturated carbocycles. The summed E-state index contributed by atoms with van der Waals surface area (Å²) >= 11 is 5.71. The number of nitrogens with two attached hydrogens (primary N) is 1.